The Hall–Kier alpha value is -4.05. The minimum absolute atomic E-state index is 0.0565. The molecule has 0 saturated carbocycles. The van der Waals surface area contributed by atoms with Gasteiger partial charge >= 0.3 is 291 Å². The number of primary amides is 2. The van der Waals surface area contributed by atoms with Crippen LogP contribution in [-0.2, 0) is 38.1 Å². The zero-order valence-corrected chi connectivity index (χ0v) is 29.0. The Morgan fingerprint density at radius 2 is 1.08 bits per heavy atom. The monoisotopic (exact) mass is 793 g/mol. The second-order valence-corrected chi connectivity index (χ2v) is 15.9. The SMILES string of the molecule is CO[C@@]12[C@H](COC(N)=O)C3=C(C(=O)C(C)=C(N)C3=O)N1C[C@H]1[C@@H]2N1[I-]N1[C@H]2[C@@H]1CN1C3=C(C(=O)C(N)=C(C)C3=O)[C@@H](COC(N)=O)[C@@]21OC. The summed E-state index contributed by atoms with van der Waals surface area (Å²) < 4.78 is 27.5. The van der Waals surface area contributed by atoms with Gasteiger partial charge in [0.15, 0.2) is 0 Å². The van der Waals surface area contributed by atoms with E-state index in [1.54, 1.807) is 0 Å². The van der Waals surface area contributed by atoms with Crippen molar-refractivity contribution in [3.8, 4) is 0 Å². The summed E-state index contributed by atoms with van der Waals surface area (Å²) in [5.41, 5.74) is 21.1. The Kier molecular flexibility index (Phi) is 6.73. The van der Waals surface area contributed by atoms with Crippen molar-refractivity contribution in [2.75, 3.05) is 40.5 Å². The normalized spacial score (nSPS) is 39.8. The van der Waals surface area contributed by atoms with Crippen LogP contribution in [0.5, 0.6) is 0 Å². The van der Waals surface area contributed by atoms with Gasteiger partial charge in [-0.1, -0.05) is 0 Å². The molecule has 8 rings (SSSR count). The van der Waals surface area contributed by atoms with Crippen molar-refractivity contribution >= 4 is 35.3 Å². The number of piperazine rings is 2. The van der Waals surface area contributed by atoms with Crippen LogP contribution >= 0.6 is 0 Å². The second kappa shape index (κ2) is 10.2. The van der Waals surface area contributed by atoms with Gasteiger partial charge in [-0.3, -0.25) is 0 Å². The van der Waals surface area contributed by atoms with Crippen LogP contribution in [0.15, 0.2) is 45.1 Å². The predicted octanol–water partition coefficient (Wildman–Crippen LogP) is -5.95. The number of halogens is 1. The maximum absolute atomic E-state index is 13.6. The van der Waals surface area contributed by atoms with E-state index in [0.29, 0.717) is 13.1 Å². The number of nitrogens with zero attached hydrogens (tertiary/aromatic N) is 4. The number of Topliss-reactive ketones (excluding diaryl/α,β-unsaturated/α-hetero) is 4. The van der Waals surface area contributed by atoms with Gasteiger partial charge in [-0.25, -0.2) is 0 Å². The Morgan fingerprint density at radius 3 is 1.41 bits per heavy atom. The molecule has 0 aromatic heterocycles. The number of ether oxygens (including phenoxy) is 4. The van der Waals surface area contributed by atoms with Crippen molar-refractivity contribution in [1.29, 1.82) is 0 Å². The molecule has 0 radical (unpaired) electrons. The number of nitrogens with two attached hydrogens (primary N) is 4. The molecule has 0 aromatic carbocycles. The van der Waals surface area contributed by atoms with E-state index in [2.05, 4.69) is 6.23 Å². The van der Waals surface area contributed by atoms with E-state index in [-0.39, 0.29) is 94.0 Å². The van der Waals surface area contributed by atoms with Gasteiger partial charge in [-0.15, -0.1) is 0 Å². The summed E-state index contributed by atoms with van der Waals surface area (Å²) in [6.07, 6.45) is -2.07. The molecule has 8 N–H and O–H groups in total. The third kappa shape index (κ3) is 3.73. The maximum atomic E-state index is 13.6. The fourth-order valence-electron chi connectivity index (χ4n) is 9.14. The Balaban J connectivity index is 1.09. The summed E-state index contributed by atoms with van der Waals surface area (Å²) in [6.45, 7) is 3.17. The quantitative estimate of drug-likeness (QED) is 0.0773. The van der Waals surface area contributed by atoms with Gasteiger partial charge in [0, 0.05) is 0 Å². The summed E-state index contributed by atoms with van der Waals surface area (Å²) >= 11 is -0.939. The van der Waals surface area contributed by atoms with Gasteiger partial charge in [0.25, 0.3) is 0 Å². The molecular formula is C30H34IN8O10-. The van der Waals surface area contributed by atoms with E-state index in [4.69, 9.17) is 41.9 Å². The molecule has 6 aliphatic heterocycles. The van der Waals surface area contributed by atoms with Crippen molar-refractivity contribution in [2.45, 2.75) is 49.5 Å². The zero-order chi connectivity index (χ0) is 35.2. The van der Waals surface area contributed by atoms with E-state index in [9.17, 15) is 28.8 Å². The average Bonchev–Trinajstić information content (AvgIpc) is 3.70. The van der Waals surface area contributed by atoms with Gasteiger partial charge < -0.3 is 0 Å². The molecule has 2 aliphatic carbocycles. The topological polar surface area (TPSA) is 256 Å². The minimum atomic E-state index is -1.22. The van der Waals surface area contributed by atoms with Crippen LogP contribution in [0.2, 0.25) is 0 Å². The average molecular weight is 794 g/mol. The van der Waals surface area contributed by atoms with Crippen molar-refractivity contribution in [2.24, 2.45) is 34.8 Å². The van der Waals surface area contributed by atoms with Gasteiger partial charge in [-0.05, 0) is 0 Å². The van der Waals surface area contributed by atoms with E-state index < -0.39 is 68.8 Å². The molecule has 2 amide bonds. The molecule has 10 atom stereocenters. The third-order valence-corrected chi connectivity index (χ3v) is 15.0. The molecular weight excluding hydrogens is 759 g/mol. The predicted molar refractivity (Wildman–Crippen MR) is 158 cm³/mol. The molecule has 4 fully saturated rings. The summed E-state index contributed by atoms with van der Waals surface area (Å²) in [5.74, 6) is -3.46. The van der Waals surface area contributed by atoms with Crippen molar-refractivity contribution in [1.82, 2.24) is 16.0 Å². The summed E-state index contributed by atoms with van der Waals surface area (Å²) in [4.78, 5) is 81.3. The van der Waals surface area contributed by atoms with Crippen LogP contribution in [0.4, 0.5) is 9.59 Å². The fraction of sp³-hybridized carbons (Fsp3) is 0.533. The molecule has 8 aliphatic rings. The van der Waals surface area contributed by atoms with E-state index in [0.717, 1.165) is 0 Å². The zero-order valence-electron chi connectivity index (χ0n) is 26.9. The van der Waals surface area contributed by atoms with Gasteiger partial charge in [0.2, 0.25) is 0 Å². The van der Waals surface area contributed by atoms with E-state index >= 15 is 0 Å². The number of carbonyl (C=O) groups excluding carboxylic acids is 6. The Bertz CT molecular complexity index is 1730. The molecule has 4 saturated heterocycles. The first-order chi connectivity index (χ1) is 23.2. The van der Waals surface area contributed by atoms with Crippen molar-refractivity contribution < 1.29 is 69.5 Å². The van der Waals surface area contributed by atoms with Gasteiger partial charge in [0.05, 0.1) is 0 Å². The number of amides is 2. The van der Waals surface area contributed by atoms with Crippen LogP contribution in [0, 0.1) is 11.8 Å². The van der Waals surface area contributed by atoms with Crippen molar-refractivity contribution in [3.05, 3.63) is 45.1 Å². The molecule has 0 spiro atoms. The third-order valence-electron chi connectivity index (χ3n) is 11.4. The number of ketones is 4. The van der Waals surface area contributed by atoms with E-state index in [1.807, 2.05) is 9.80 Å². The van der Waals surface area contributed by atoms with Crippen molar-refractivity contribution in [3.63, 3.8) is 0 Å². The first kappa shape index (κ1) is 32.2. The Morgan fingerprint density at radius 1 is 0.714 bits per heavy atom. The summed E-state index contributed by atoms with van der Waals surface area (Å²) in [6, 6.07) is -0.679. The summed E-state index contributed by atoms with van der Waals surface area (Å²) in [5, 5.41) is 0. The van der Waals surface area contributed by atoms with Crippen LogP contribution in [0.25, 0.3) is 0 Å². The molecule has 19 heteroatoms. The molecule has 6 heterocycles. The molecule has 49 heavy (non-hydrogen) atoms. The number of hydrogen-bond donors (Lipinski definition) is 4. The fourth-order valence-corrected chi connectivity index (χ4v) is 13.1. The van der Waals surface area contributed by atoms with E-state index in [1.165, 1.54) is 28.1 Å². The Labute approximate surface area is 289 Å². The number of allylic oxidation sites excluding steroid dienone is 4. The summed E-state index contributed by atoms with van der Waals surface area (Å²) in [7, 11) is 2.99. The molecule has 0 aromatic rings. The number of carbonyl (C=O) groups is 6. The van der Waals surface area contributed by atoms with Crippen LogP contribution in [0.1, 0.15) is 13.8 Å². The number of methoxy groups -OCH3 is 2. The van der Waals surface area contributed by atoms with Gasteiger partial charge in [0.1, 0.15) is 0 Å². The number of rotatable bonds is 8. The number of hydrogen-bond acceptors (Lipinski definition) is 16. The second-order valence-electron chi connectivity index (χ2n) is 13.2. The molecule has 0 bridgehead atoms. The first-order valence-electron chi connectivity index (χ1n) is 15.5. The first-order valence-corrected chi connectivity index (χ1v) is 17.4. The van der Waals surface area contributed by atoms with Gasteiger partial charge in [-0.2, -0.15) is 0 Å². The number of fused-ring (bicyclic) bond motifs is 8. The molecule has 2 unspecified atom stereocenters. The van der Waals surface area contributed by atoms with Crippen LogP contribution in [-0.4, -0.2) is 127 Å². The van der Waals surface area contributed by atoms with Crippen LogP contribution in [0.3, 0.4) is 0 Å². The molecule has 18 nitrogen and oxygen atoms in total. The van der Waals surface area contributed by atoms with Crippen LogP contribution < -0.4 is 44.7 Å². The molecule has 262 valence electrons. The standard InChI is InChI=1S/C30H34IN8O10/c1-9-17(32)23(42)15-11(7-48-27(34)44)29(46-3)25-13(5-36(29)19(15)21(9)40)38(25)31-39-14-6-37-20-16(24(43)18(33)10(2)22(20)41)12(8-49-28(35)45)30(37,47-4)26(14)39/h11-14,25-26H,5-8,32-33H2,1-4H3,(H2,34,44)(H2,35,45)/q-1/t11-,12-,13+,14+,25+,26+,29-,30-,38?,39?/m1/s1.